The molecule has 134 valence electrons. The number of amides is 1. The normalized spacial score (nSPS) is 12.9. The summed E-state index contributed by atoms with van der Waals surface area (Å²) in [5, 5.41) is 2.38. The third-order valence-electron chi connectivity index (χ3n) is 3.25. The first-order chi connectivity index (χ1) is 11.0. The van der Waals surface area contributed by atoms with E-state index >= 15 is 0 Å². The minimum Gasteiger partial charge on any atom is -0.469 e. The number of alkyl halides is 1. The van der Waals surface area contributed by atoms with Gasteiger partial charge in [0.1, 0.15) is 6.04 Å². The maximum absolute atomic E-state index is 12.3. The lowest BCUT2D eigenvalue weighted by molar-refractivity contribution is -0.148. The second kappa shape index (κ2) is 12.7. The number of carbonyl (C=O) groups excluding carboxylic acids is 3. The molecule has 1 N–H and O–H groups in total. The SMILES string of the molecule is CCCCOC(=O)NC(CC(CCCF)C(=O)OC)C(=O)OC. The molecule has 8 heteroatoms. The molecule has 0 spiro atoms. The third-order valence-corrected chi connectivity index (χ3v) is 3.25. The highest BCUT2D eigenvalue weighted by molar-refractivity contribution is 5.82. The fourth-order valence-electron chi connectivity index (χ4n) is 1.96. The van der Waals surface area contributed by atoms with Gasteiger partial charge in [0.25, 0.3) is 0 Å². The monoisotopic (exact) mass is 335 g/mol. The molecule has 0 aromatic heterocycles. The van der Waals surface area contributed by atoms with E-state index in [1.807, 2.05) is 6.92 Å². The molecule has 0 radical (unpaired) electrons. The topological polar surface area (TPSA) is 90.9 Å². The van der Waals surface area contributed by atoms with Gasteiger partial charge < -0.3 is 19.5 Å². The highest BCUT2D eigenvalue weighted by atomic mass is 19.1. The Morgan fingerprint density at radius 3 is 2.26 bits per heavy atom. The van der Waals surface area contributed by atoms with Gasteiger partial charge in [-0.25, -0.2) is 9.59 Å². The second-order valence-electron chi connectivity index (χ2n) is 5.00. The number of ether oxygens (including phenoxy) is 3. The van der Waals surface area contributed by atoms with Crippen LogP contribution >= 0.6 is 0 Å². The third kappa shape index (κ3) is 9.00. The number of unbranched alkanes of at least 4 members (excludes halogenated alkanes) is 1. The van der Waals surface area contributed by atoms with Gasteiger partial charge in [-0.2, -0.15) is 0 Å². The molecular formula is C15H26FNO6. The van der Waals surface area contributed by atoms with Gasteiger partial charge in [-0.1, -0.05) is 13.3 Å². The molecular weight excluding hydrogens is 309 g/mol. The van der Waals surface area contributed by atoms with Crippen molar-refractivity contribution in [2.75, 3.05) is 27.5 Å². The van der Waals surface area contributed by atoms with Crippen molar-refractivity contribution in [3.05, 3.63) is 0 Å². The molecule has 0 saturated carbocycles. The molecule has 0 rings (SSSR count). The van der Waals surface area contributed by atoms with E-state index in [-0.39, 0.29) is 25.9 Å². The van der Waals surface area contributed by atoms with E-state index in [4.69, 9.17) is 4.74 Å². The number of halogens is 1. The summed E-state index contributed by atoms with van der Waals surface area (Å²) in [5.74, 6) is -1.98. The Labute approximate surface area is 135 Å². The van der Waals surface area contributed by atoms with Gasteiger partial charge in [-0.15, -0.1) is 0 Å². The summed E-state index contributed by atoms with van der Waals surface area (Å²) < 4.78 is 26.5. The van der Waals surface area contributed by atoms with Crippen molar-refractivity contribution >= 4 is 18.0 Å². The zero-order chi connectivity index (χ0) is 17.7. The standard InChI is InChI=1S/C15H26FNO6/c1-4-5-9-23-15(20)17-12(14(19)22-3)10-11(7-6-8-16)13(18)21-2/h11-12H,4-10H2,1-3H3,(H,17,20). The molecule has 0 aliphatic heterocycles. The van der Waals surface area contributed by atoms with Crippen LogP contribution in [0.2, 0.25) is 0 Å². The molecule has 0 aliphatic carbocycles. The minimum absolute atomic E-state index is 0.0395. The zero-order valence-corrected chi connectivity index (χ0v) is 13.9. The Bertz CT molecular complexity index is 377. The number of carbonyl (C=O) groups is 3. The molecule has 0 aromatic rings. The van der Waals surface area contributed by atoms with Gasteiger partial charge in [0, 0.05) is 0 Å². The molecule has 7 nitrogen and oxygen atoms in total. The lowest BCUT2D eigenvalue weighted by Gasteiger charge is -2.21. The smallest absolute Gasteiger partial charge is 0.407 e. The fourth-order valence-corrected chi connectivity index (χ4v) is 1.96. The Balaban J connectivity index is 4.75. The van der Waals surface area contributed by atoms with E-state index in [9.17, 15) is 18.8 Å². The first-order valence-electron chi connectivity index (χ1n) is 7.65. The van der Waals surface area contributed by atoms with Gasteiger partial charge in [0.2, 0.25) is 0 Å². The largest absolute Gasteiger partial charge is 0.469 e. The first-order valence-corrected chi connectivity index (χ1v) is 7.65. The summed E-state index contributed by atoms with van der Waals surface area (Å²) >= 11 is 0. The van der Waals surface area contributed by atoms with Crippen LogP contribution in [0.15, 0.2) is 0 Å². The van der Waals surface area contributed by atoms with E-state index in [0.29, 0.717) is 6.42 Å². The molecule has 0 aromatic carbocycles. The lowest BCUT2D eigenvalue weighted by atomic mass is 9.95. The average molecular weight is 335 g/mol. The van der Waals surface area contributed by atoms with Crippen molar-refractivity contribution in [1.29, 1.82) is 0 Å². The zero-order valence-electron chi connectivity index (χ0n) is 13.9. The predicted molar refractivity (Wildman–Crippen MR) is 80.5 cm³/mol. The Morgan fingerprint density at radius 2 is 1.74 bits per heavy atom. The van der Waals surface area contributed by atoms with Gasteiger partial charge in [0.05, 0.1) is 33.4 Å². The lowest BCUT2D eigenvalue weighted by Crippen LogP contribution is -2.44. The number of alkyl carbamates (subject to hydrolysis) is 1. The average Bonchev–Trinajstić information content (AvgIpc) is 2.56. The maximum Gasteiger partial charge on any atom is 0.407 e. The van der Waals surface area contributed by atoms with Gasteiger partial charge in [0.15, 0.2) is 0 Å². The van der Waals surface area contributed by atoms with E-state index in [1.54, 1.807) is 0 Å². The number of methoxy groups -OCH3 is 2. The molecule has 23 heavy (non-hydrogen) atoms. The molecule has 0 heterocycles. The van der Waals surface area contributed by atoms with Crippen LogP contribution in [0.1, 0.15) is 39.0 Å². The van der Waals surface area contributed by atoms with Crippen molar-refractivity contribution in [2.45, 2.75) is 45.1 Å². The first kappa shape index (κ1) is 21.1. The summed E-state index contributed by atoms with van der Waals surface area (Å²) in [6, 6.07) is -1.06. The van der Waals surface area contributed by atoms with Crippen LogP contribution in [0.4, 0.5) is 9.18 Å². The van der Waals surface area contributed by atoms with Gasteiger partial charge in [-0.05, 0) is 25.7 Å². The Morgan fingerprint density at radius 1 is 1.09 bits per heavy atom. The van der Waals surface area contributed by atoms with E-state index in [1.165, 1.54) is 14.2 Å². The van der Waals surface area contributed by atoms with Crippen LogP contribution in [0.3, 0.4) is 0 Å². The summed E-state index contributed by atoms with van der Waals surface area (Å²) in [6.45, 7) is 1.60. The highest BCUT2D eigenvalue weighted by Crippen LogP contribution is 2.17. The van der Waals surface area contributed by atoms with Crippen molar-refractivity contribution in [3.8, 4) is 0 Å². The van der Waals surface area contributed by atoms with Crippen LogP contribution < -0.4 is 5.32 Å². The molecule has 1 amide bonds. The Kier molecular flexibility index (Phi) is 11.6. The van der Waals surface area contributed by atoms with Gasteiger partial charge in [-0.3, -0.25) is 9.18 Å². The van der Waals surface area contributed by atoms with Crippen LogP contribution in [-0.2, 0) is 23.8 Å². The van der Waals surface area contributed by atoms with Crippen LogP contribution in [-0.4, -0.2) is 51.6 Å². The molecule has 2 atom stereocenters. The summed E-state index contributed by atoms with van der Waals surface area (Å²) in [6.07, 6.45) is 1.14. The van der Waals surface area contributed by atoms with E-state index < -0.39 is 36.7 Å². The van der Waals surface area contributed by atoms with Crippen molar-refractivity contribution in [1.82, 2.24) is 5.32 Å². The summed E-state index contributed by atoms with van der Waals surface area (Å²) in [5.41, 5.74) is 0. The number of hydrogen-bond donors (Lipinski definition) is 1. The summed E-state index contributed by atoms with van der Waals surface area (Å²) in [4.78, 5) is 35.2. The van der Waals surface area contributed by atoms with Crippen molar-refractivity contribution in [3.63, 3.8) is 0 Å². The molecule has 0 fully saturated rings. The molecule has 0 aliphatic rings. The number of nitrogens with one attached hydrogen (secondary N) is 1. The fraction of sp³-hybridized carbons (Fsp3) is 0.800. The maximum atomic E-state index is 12.3. The predicted octanol–water partition coefficient (Wildman–Crippen LogP) is 1.98. The van der Waals surface area contributed by atoms with Crippen LogP contribution in [0, 0.1) is 5.92 Å². The van der Waals surface area contributed by atoms with E-state index in [0.717, 1.165) is 6.42 Å². The highest BCUT2D eigenvalue weighted by Gasteiger charge is 2.30. The number of hydrogen-bond acceptors (Lipinski definition) is 6. The van der Waals surface area contributed by atoms with Crippen LogP contribution in [0.25, 0.3) is 0 Å². The Hall–Kier alpha value is -1.86. The molecule has 0 saturated heterocycles. The van der Waals surface area contributed by atoms with Gasteiger partial charge >= 0.3 is 18.0 Å². The van der Waals surface area contributed by atoms with E-state index in [2.05, 4.69) is 14.8 Å². The minimum atomic E-state index is -1.06. The number of esters is 2. The number of rotatable bonds is 11. The quantitative estimate of drug-likeness (QED) is 0.353. The van der Waals surface area contributed by atoms with Crippen molar-refractivity contribution in [2.24, 2.45) is 5.92 Å². The summed E-state index contributed by atoms with van der Waals surface area (Å²) in [7, 11) is 2.39. The van der Waals surface area contributed by atoms with Crippen molar-refractivity contribution < 1.29 is 33.0 Å². The molecule has 2 unspecified atom stereocenters. The van der Waals surface area contributed by atoms with Crippen LogP contribution in [0.5, 0.6) is 0 Å². The second-order valence-corrected chi connectivity index (χ2v) is 5.00. The molecule has 0 bridgehead atoms.